The topological polar surface area (TPSA) is 48.7 Å². The number of carbonyl (C=O) groups excluding carboxylic acids is 1. The van der Waals surface area contributed by atoms with Crippen LogP contribution >= 0.6 is 0 Å². The lowest BCUT2D eigenvalue weighted by atomic mass is 10.2. The predicted octanol–water partition coefficient (Wildman–Crippen LogP) is 1.80. The van der Waals surface area contributed by atoms with Crippen LogP contribution in [0.5, 0.6) is 11.5 Å². The summed E-state index contributed by atoms with van der Waals surface area (Å²) in [5.74, 6) is 0.640. The van der Waals surface area contributed by atoms with Gasteiger partial charge in [-0.2, -0.15) is 0 Å². The average Bonchev–Trinajstić information content (AvgIpc) is 2.69. The van der Waals surface area contributed by atoms with Crippen LogP contribution in [0.3, 0.4) is 0 Å². The normalized spacial score (nSPS) is 14.1. The second-order valence-electron chi connectivity index (χ2n) is 2.83. The monoisotopic (exact) mass is 178 g/mol. The van der Waals surface area contributed by atoms with Crippen LogP contribution in [-0.4, -0.2) is 12.6 Å². The minimum Gasteiger partial charge on any atom is -0.487 e. The van der Waals surface area contributed by atoms with Crippen molar-refractivity contribution >= 4 is 17.1 Å². The lowest BCUT2D eigenvalue weighted by Gasteiger charge is -1.99. The molecule has 4 nitrogen and oxygen atoms in total. The first-order valence-corrected chi connectivity index (χ1v) is 4.05. The van der Waals surface area contributed by atoms with Crippen LogP contribution in [-0.2, 0) is 0 Å². The van der Waals surface area contributed by atoms with Gasteiger partial charge in [0.1, 0.15) is 5.56 Å². The van der Waals surface area contributed by atoms with Crippen molar-refractivity contribution < 1.29 is 18.7 Å². The molecule has 66 valence electrons. The summed E-state index contributed by atoms with van der Waals surface area (Å²) in [6.07, 6.45) is 0. The molecule has 0 saturated heterocycles. The molecule has 13 heavy (non-hydrogen) atoms. The average molecular weight is 178 g/mol. The van der Waals surface area contributed by atoms with E-state index in [9.17, 15) is 4.79 Å². The van der Waals surface area contributed by atoms with E-state index in [0.29, 0.717) is 34.8 Å². The molecular formula is C9H6O4. The maximum atomic E-state index is 11.1. The van der Waals surface area contributed by atoms with E-state index in [1.165, 1.54) is 0 Å². The minimum absolute atomic E-state index is 0.352. The van der Waals surface area contributed by atoms with Gasteiger partial charge in [-0.15, -0.1) is 0 Å². The van der Waals surface area contributed by atoms with Gasteiger partial charge in [0.25, 0.3) is 0 Å². The highest BCUT2D eigenvalue weighted by Crippen LogP contribution is 2.48. The molecule has 0 aliphatic carbocycles. The molecule has 1 aliphatic heterocycles. The van der Waals surface area contributed by atoms with Crippen molar-refractivity contribution in [2.45, 2.75) is 6.92 Å². The van der Waals surface area contributed by atoms with E-state index in [0.717, 1.165) is 0 Å². The molecule has 2 bridgehead atoms. The standard InChI is InChI=1S/C9H6O4/c1-2-11-7-5-3-4-6(12-5)8(7)13-9(4)10/h3H,2H2,1H3. The van der Waals surface area contributed by atoms with Gasteiger partial charge in [-0.25, -0.2) is 4.79 Å². The lowest BCUT2D eigenvalue weighted by molar-refractivity contribution is 0.0750. The second kappa shape index (κ2) is 1.96. The Morgan fingerprint density at radius 3 is 3.15 bits per heavy atom. The first kappa shape index (κ1) is 6.77. The molecule has 4 heteroatoms. The molecule has 0 spiro atoms. The van der Waals surface area contributed by atoms with E-state index < -0.39 is 0 Å². The zero-order valence-corrected chi connectivity index (χ0v) is 6.92. The zero-order valence-electron chi connectivity index (χ0n) is 6.92. The highest BCUT2D eigenvalue weighted by molar-refractivity contribution is 6.10. The van der Waals surface area contributed by atoms with E-state index >= 15 is 0 Å². The van der Waals surface area contributed by atoms with E-state index in [4.69, 9.17) is 13.9 Å². The van der Waals surface area contributed by atoms with Crippen LogP contribution in [0, 0.1) is 0 Å². The summed E-state index contributed by atoms with van der Waals surface area (Å²) < 4.78 is 15.5. The van der Waals surface area contributed by atoms with Crippen molar-refractivity contribution in [3.63, 3.8) is 0 Å². The Hall–Kier alpha value is -1.71. The van der Waals surface area contributed by atoms with Gasteiger partial charge in [0.2, 0.25) is 11.5 Å². The maximum Gasteiger partial charge on any atom is 0.347 e. The Morgan fingerprint density at radius 2 is 2.38 bits per heavy atom. The predicted molar refractivity (Wildman–Crippen MR) is 43.5 cm³/mol. The van der Waals surface area contributed by atoms with Crippen molar-refractivity contribution in [1.82, 2.24) is 0 Å². The summed E-state index contributed by atoms with van der Waals surface area (Å²) in [5.41, 5.74) is 1.62. The fraction of sp³-hybridized carbons (Fsp3) is 0.222. The summed E-state index contributed by atoms with van der Waals surface area (Å²) in [7, 11) is 0. The third kappa shape index (κ3) is 0.638. The van der Waals surface area contributed by atoms with Crippen molar-refractivity contribution in [2.24, 2.45) is 0 Å². The number of carbonyl (C=O) groups is 1. The van der Waals surface area contributed by atoms with Gasteiger partial charge in [0, 0.05) is 6.07 Å². The molecule has 3 heterocycles. The van der Waals surface area contributed by atoms with Gasteiger partial charge in [-0.05, 0) is 6.92 Å². The smallest absolute Gasteiger partial charge is 0.347 e. The molecule has 2 aromatic rings. The highest BCUT2D eigenvalue weighted by Gasteiger charge is 2.35. The lowest BCUT2D eigenvalue weighted by Crippen LogP contribution is -1.99. The molecule has 0 unspecified atom stereocenters. The number of ether oxygens (including phenoxy) is 2. The zero-order chi connectivity index (χ0) is 9.00. The van der Waals surface area contributed by atoms with Gasteiger partial charge in [0.15, 0.2) is 11.2 Å². The van der Waals surface area contributed by atoms with Crippen molar-refractivity contribution in [2.75, 3.05) is 6.61 Å². The van der Waals surface area contributed by atoms with Gasteiger partial charge < -0.3 is 13.9 Å². The number of hydrogen-bond donors (Lipinski definition) is 0. The van der Waals surface area contributed by atoms with Gasteiger partial charge in [-0.1, -0.05) is 0 Å². The number of furan rings is 2. The molecule has 0 atom stereocenters. The van der Waals surface area contributed by atoms with E-state index in [2.05, 4.69) is 0 Å². The fourth-order valence-corrected chi connectivity index (χ4v) is 1.56. The number of esters is 1. The molecule has 1 aliphatic rings. The van der Waals surface area contributed by atoms with Crippen molar-refractivity contribution in [3.05, 3.63) is 11.6 Å². The number of rotatable bonds is 2. The third-order valence-corrected chi connectivity index (χ3v) is 2.07. The Kier molecular flexibility index (Phi) is 1.02. The van der Waals surface area contributed by atoms with Crippen LogP contribution in [0.4, 0.5) is 0 Å². The molecule has 0 radical (unpaired) electrons. The van der Waals surface area contributed by atoms with Crippen molar-refractivity contribution in [1.29, 1.82) is 0 Å². The summed E-state index contributed by atoms with van der Waals surface area (Å²) >= 11 is 0. The molecule has 3 rings (SSSR count). The number of fused-ring (bicyclic) bond motifs is 1. The fourth-order valence-electron chi connectivity index (χ4n) is 1.56. The SMILES string of the molecule is CCOc1c2c3oc1cc3C(=O)O2. The molecule has 0 amide bonds. The second-order valence-corrected chi connectivity index (χ2v) is 2.83. The van der Waals surface area contributed by atoms with Crippen LogP contribution < -0.4 is 9.47 Å². The largest absolute Gasteiger partial charge is 0.487 e. The molecule has 0 N–H and O–H groups in total. The van der Waals surface area contributed by atoms with Crippen LogP contribution in [0.1, 0.15) is 17.3 Å². The minimum atomic E-state index is -0.352. The Bertz CT molecular complexity index is 482. The quantitative estimate of drug-likeness (QED) is 0.658. The van der Waals surface area contributed by atoms with Crippen LogP contribution in [0.15, 0.2) is 10.5 Å². The molecule has 0 saturated carbocycles. The van der Waals surface area contributed by atoms with E-state index in [1.807, 2.05) is 6.92 Å². The van der Waals surface area contributed by atoms with E-state index in [1.54, 1.807) is 6.07 Å². The molecule has 2 aromatic heterocycles. The summed E-state index contributed by atoms with van der Waals surface area (Å²) in [6.45, 7) is 2.39. The van der Waals surface area contributed by atoms with Gasteiger partial charge in [-0.3, -0.25) is 0 Å². The Morgan fingerprint density at radius 1 is 1.54 bits per heavy atom. The third-order valence-electron chi connectivity index (χ3n) is 2.07. The van der Waals surface area contributed by atoms with Gasteiger partial charge in [0.05, 0.1) is 6.61 Å². The summed E-state index contributed by atoms with van der Waals surface area (Å²) in [5, 5.41) is 0. The maximum absolute atomic E-state index is 11.1. The molecule has 0 fully saturated rings. The van der Waals surface area contributed by atoms with E-state index in [-0.39, 0.29) is 5.97 Å². The Labute approximate surface area is 73.4 Å². The van der Waals surface area contributed by atoms with Crippen LogP contribution in [0.2, 0.25) is 0 Å². The Balaban J connectivity index is 2.27. The van der Waals surface area contributed by atoms with Gasteiger partial charge >= 0.3 is 5.97 Å². The summed E-state index contributed by atoms with van der Waals surface area (Å²) in [4.78, 5) is 11.1. The summed E-state index contributed by atoms with van der Waals surface area (Å²) in [6, 6.07) is 1.65. The van der Waals surface area contributed by atoms with Crippen molar-refractivity contribution in [3.8, 4) is 11.5 Å². The molecular weight excluding hydrogens is 172 g/mol. The molecule has 0 aromatic carbocycles. The number of hydrogen-bond acceptors (Lipinski definition) is 4. The number of benzene rings is 1. The first-order valence-electron chi connectivity index (χ1n) is 4.05. The first-order chi connectivity index (χ1) is 6.31. The highest BCUT2D eigenvalue weighted by atomic mass is 16.6. The van der Waals surface area contributed by atoms with Crippen LogP contribution in [0.25, 0.3) is 11.2 Å².